The SMILES string of the molecule is ClCc1ncnn1-c1ncccn1. The summed E-state index contributed by atoms with van der Waals surface area (Å²) >= 11 is 5.64. The highest BCUT2D eigenvalue weighted by Crippen LogP contribution is 2.03. The maximum Gasteiger partial charge on any atom is 0.252 e. The van der Waals surface area contributed by atoms with Crippen LogP contribution >= 0.6 is 11.6 Å². The van der Waals surface area contributed by atoms with E-state index in [1.165, 1.54) is 11.0 Å². The van der Waals surface area contributed by atoms with Gasteiger partial charge in [0.1, 0.15) is 6.33 Å². The van der Waals surface area contributed by atoms with E-state index in [0.717, 1.165) is 0 Å². The Kier molecular flexibility index (Phi) is 2.18. The van der Waals surface area contributed by atoms with E-state index in [1.54, 1.807) is 18.5 Å². The van der Waals surface area contributed by atoms with Crippen LogP contribution in [0.5, 0.6) is 0 Å². The minimum Gasteiger partial charge on any atom is -0.220 e. The third kappa shape index (κ3) is 1.50. The molecule has 13 heavy (non-hydrogen) atoms. The summed E-state index contributed by atoms with van der Waals surface area (Å²) in [5.41, 5.74) is 0. The molecule has 2 aromatic rings. The summed E-state index contributed by atoms with van der Waals surface area (Å²) in [6.07, 6.45) is 4.71. The Bertz CT molecular complexity index is 385. The smallest absolute Gasteiger partial charge is 0.220 e. The molecule has 0 fully saturated rings. The number of hydrogen-bond acceptors (Lipinski definition) is 4. The predicted molar refractivity (Wildman–Crippen MR) is 46.5 cm³/mol. The van der Waals surface area contributed by atoms with Crippen LogP contribution < -0.4 is 0 Å². The van der Waals surface area contributed by atoms with Gasteiger partial charge < -0.3 is 0 Å². The van der Waals surface area contributed by atoms with Crippen molar-refractivity contribution in [2.45, 2.75) is 5.88 Å². The van der Waals surface area contributed by atoms with E-state index in [1.807, 2.05) is 0 Å². The molecule has 2 aromatic heterocycles. The fourth-order valence-electron chi connectivity index (χ4n) is 0.924. The van der Waals surface area contributed by atoms with E-state index >= 15 is 0 Å². The third-order valence-corrected chi connectivity index (χ3v) is 1.72. The Morgan fingerprint density at radius 3 is 2.69 bits per heavy atom. The summed E-state index contributed by atoms with van der Waals surface area (Å²) in [5, 5.41) is 3.95. The predicted octanol–water partition coefficient (Wildman–Crippen LogP) is 0.796. The van der Waals surface area contributed by atoms with E-state index < -0.39 is 0 Å². The average molecular weight is 196 g/mol. The summed E-state index contributed by atoms with van der Waals surface area (Å²) < 4.78 is 1.51. The van der Waals surface area contributed by atoms with Crippen LogP contribution in [-0.4, -0.2) is 24.7 Å². The first kappa shape index (κ1) is 8.12. The second-order valence-corrected chi connectivity index (χ2v) is 2.54. The number of alkyl halides is 1. The van der Waals surface area contributed by atoms with E-state index in [9.17, 15) is 0 Å². The minimum atomic E-state index is 0.290. The van der Waals surface area contributed by atoms with Crippen LogP contribution in [0.2, 0.25) is 0 Å². The molecule has 0 saturated heterocycles. The van der Waals surface area contributed by atoms with Gasteiger partial charge in [-0.25, -0.2) is 15.0 Å². The van der Waals surface area contributed by atoms with Crippen molar-refractivity contribution in [3.05, 3.63) is 30.6 Å². The molecule has 0 atom stereocenters. The van der Waals surface area contributed by atoms with Crippen molar-refractivity contribution < 1.29 is 0 Å². The lowest BCUT2D eigenvalue weighted by Gasteiger charge is -1.99. The van der Waals surface area contributed by atoms with Crippen LogP contribution in [0.3, 0.4) is 0 Å². The molecule has 0 radical (unpaired) electrons. The third-order valence-electron chi connectivity index (χ3n) is 1.48. The zero-order valence-electron chi connectivity index (χ0n) is 6.63. The first-order valence-electron chi connectivity index (χ1n) is 3.64. The monoisotopic (exact) mass is 195 g/mol. The number of hydrogen-bond donors (Lipinski definition) is 0. The highest BCUT2D eigenvalue weighted by Gasteiger charge is 2.05. The van der Waals surface area contributed by atoms with Gasteiger partial charge in [-0.2, -0.15) is 9.78 Å². The highest BCUT2D eigenvalue weighted by molar-refractivity contribution is 6.16. The van der Waals surface area contributed by atoms with Gasteiger partial charge in [-0.15, -0.1) is 11.6 Å². The summed E-state index contributed by atoms with van der Waals surface area (Å²) in [7, 11) is 0. The molecule has 0 aliphatic heterocycles. The van der Waals surface area contributed by atoms with Gasteiger partial charge in [0.05, 0.1) is 5.88 Å². The van der Waals surface area contributed by atoms with Gasteiger partial charge in [-0.05, 0) is 6.07 Å². The zero-order valence-corrected chi connectivity index (χ0v) is 7.39. The fraction of sp³-hybridized carbons (Fsp3) is 0.143. The van der Waals surface area contributed by atoms with Gasteiger partial charge in [0.2, 0.25) is 0 Å². The summed E-state index contributed by atoms with van der Waals surface area (Å²) in [5.74, 6) is 1.40. The van der Waals surface area contributed by atoms with E-state index in [0.29, 0.717) is 11.8 Å². The molecular formula is C7H6ClN5. The molecule has 2 rings (SSSR count). The van der Waals surface area contributed by atoms with Crippen molar-refractivity contribution in [3.8, 4) is 5.95 Å². The van der Waals surface area contributed by atoms with Gasteiger partial charge in [0, 0.05) is 12.4 Å². The normalized spacial score (nSPS) is 10.2. The molecule has 0 saturated carbocycles. The average Bonchev–Trinajstić information content (AvgIpc) is 2.67. The lowest BCUT2D eigenvalue weighted by molar-refractivity contribution is 0.772. The Hall–Kier alpha value is -1.49. The highest BCUT2D eigenvalue weighted by atomic mass is 35.5. The molecule has 0 amide bonds. The quantitative estimate of drug-likeness (QED) is 0.665. The number of rotatable bonds is 2. The van der Waals surface area contributed by atoms with E-state index in [-0.39, 0.29) is 5.88 Å². The largest absolute Gasteiger partial charge is 0.252 e. The van der Waals surface area contributed by atoms with Crippen LogP contribution in [0.15, 0.2) is 24.8 Å². The van der Waals surface area contributed by atoms with Crippen molar-refractivity contribution in [2.75, 3.05) is 0 Å². The lowest BCUT2D eigenvalue weighted by Crippen LogP contribution is -2.05. The molecule has 66 valence electrons. The van der Waals surface area contributed by atoms with Crippen molar-refractivity contribution in [2.24, 2.45) is 0 Å². The van der Waals surface area contributed by atoms with Crippen molar-refractivity contribution in [3.63, 3.8) is 0 Å². The molecule has 0 unspecified atom stereocenters. The fourth-order valence-corrected chi connectivity index (χ4v) is 1.11. The first-order valence-corrected chi connectivity index (χ1v) is 4.17. The van der Waals surface area contributed by atoms with Crippen LogP contribution in [0.4, 0.5) is 0 Å². The second kappa shape index (κ2) is 3.49. The Morgan fingerprint density at radius 2 is 2.00 bits per heavy atom. The molecular weight excluding hydrogens is 190 g/mol. The molecule has 0 N–H and O–H groups in total. The molecule has 5 nitrogen and oxygen atoms in total. The van der Waals surface area contributed by atoms with Crippen molar-refractivity contribution in [1.82, 2.24) is 24.7 Å². The van der Waals surface area contributed by atoms with Crippen molar-refractivity contribution >= 4 is 11.6 Å². The number of aromatic nitrogens is 5. The zero-order chi connectivity index (χ0) is 9.10. The molecule has 0 aliphatic carbocycles. The van der Waals surface area contributed by atoms with E-state index in [2.05, 4.69) is 20.1 Å². The molecule has 0 spiro atoms. The molecule has 2 heterocycles. The standard InChI is InChI=1S/C7H6ClN5/c8-4-6-11-5-12-13(6)7-9-2-1-3-10-7/h1-3,5H,4H2. The first-order chi connectivity index (χ1) is 6.42. The van der Waals surface area contributed by atoms with Crippen LogP contribution in [0.25, 0.3) is 5.95 Å². The second-order valence-electron chi connectivity index (χ2n) is 2.27. The van der Waals surface area contributed by atoms with E-state index in [4.69, 9.17) is 11.6 Å². The number of halogens is 1. The van der Waals surface area contributed by atoms with Crippen LogP contribution in [0, 0.1) is 0 Å². The molecule has 0 aliphatic rings. The van der Waals surface area contributed by atoms with Gasteiger partial charge >= 0.3 is 0 Å². The van der Waals surface area contributed by atoms with Crippen molar-refractivity contribution in [1.29, 1.82) is 0 Å². The lowest BCUT2D eigenvalue weighted by atomic mass is 10.6. The Labute approximate surface area is 79.4 Å². The van der Waals surface area contributed by atoms with Gasteiger partial charge in [0.15, 0.2) is 5.82 Å². The van der Waals surface area contributed by atoms with Crippen LogP contribution in [-0.2, 0) is 5.88 Å². The van der Waals surface area contributed by atoms with Crippen LogP contribution in [0.1, 0.15) is 5.82 Å². The molecule has 0 bridgehead atoms. The van der Waals surface area contributed by atoms with Gasteiger partial charge in [-0.3, -0.25) is 0 Å². The summed E-state index contributed by atoms with van der Waals surface area (Å²) in [4.78, 5) is 12.0. The summed E-state index contributed by atoms with van der Waals surface area (Å²) in [6.45, 7) is 0. The topological polar surface area (TPSA) is 56.5 Å². The minimum absolute atomic E-state index is 0.290. The number of nitrogens with zero attached hydrogens (tertiary/aromatic N) is 5. The maximum atomic E-state index is 5.64. The van der Waals surface area contributed by atoms with Gasteiger partial charge in [-0.1, -0.05) is 0 Å². The Balaban J connectivity index is 2.47. The Morgan fingerprint density at radius 1 is 1.23 bits per heavy atom. The molecule has 0 aromatic carbocycles. The van der Waals surface area contributed by atoms with Gasteiger partial charge in [0.25, 0.3) is 5.95 Å². The molecule has 6 heteroatoms. The summed E-state index contributed by atoms with van der Waals surface area (Å²) in [6, 6.07) is 1.74. The maximum absolute atomic E-state index is 5.64.